The molecule has 0 saturated heterocycles. The van der Waals surface area contributed by atoms with Gasteiger partial charge in [-0.25, -0.2) is 4.98 Å². The quantitative estimate of drug-likeness (QED) is 0.312. The number of aromatic nitrogens is 1. The van der Waals surface area contributed by atoms with Gasteiger partial charge in [0.15, 0.2) is 18.3 Å². The summed E-state index contributed by atoms with van der Waals surface area (Å²) in [6.07, 6.45) is 1.77. The molecular formula is C21H18ClN3O6. The van der Waals surface area contributed by atoms with E-state index in [4.69, 9.17) is 20.8 Å². The summed E-state index contributed by atoms with van der Waals surface area (Å²) in [7, 11) is 0. The predicted octanol–water partition coefficient (Wildman–Crippen LogP) is 4.33. The molecule has 0 spiro atoms. The number of nitrogens with zero attached hydrogens (tertiary/aromatic N) is 2. The number of hydrogen-bond acceptors (Lipinski definition) is 7. The maximum absolute atomic E-state index is 12.0. The highest BCUT2D eigenvalue weighted by Crippen LogP contribution is 2.26. The number of nitro benzene ring substituents is 1. The lowest BCUT2D eigenvalue weighted by Crippen LogP contribution is -2.21. The Hall–Kier alpha value is -3.72. The van der Waals surface area contributed by atoms with Gasteiger partial charge in [0.25, 0.3) is 11.6 Å². The van der Waals surface area contributed by atoms with E-state index in [1.807, 2.05) is 31.2 Å². The van der Waals surface area contributed by atoms with E-state index in [-0.39, 0.29) is 29.2 Å². The molecule has 0 aliphatic rings. The molecule has 0 atom stereocenters. The number of benzene rings is 2. The zero-order valence-electron chi connectivity index (χ0n) is 16.5. The molecular weight excluding hydrogens is 426 g/mol. The number of nitro groups is 1. The fraction of sp³-hybridized carbons (Fsp3) is 0.190. The molecule has 3 rings (SSSR count). The van der Waals surface area contributed by atoms with Crippen molar-refractivity contribution in [3.63, 3.8) is 0 Å². The summed E-state index contributed by atoms with van der Waals surface area (Å²) >= 11 is 5.92. The number of halogens is 1. The lowest BCUT2D eigenvalue weighted by atomic mass is 10.1. The second-order valence-electron chi connectivity index (χ2n) is 6.61. The van der Waals surface area contributed by atoms with Gasteiger partial charge in [-0.1, -0.05) is 41.4 Å². The highest BCUT2D eigenvalue weighted by molar-refractivity contribution is 6.33. The molecule has 1 heterocycles. The number of amides is 1. The van der Waals surface area contributed by atoms with Gasteiger partial charge in [0.2, 0.25) is 0 Å². The fourth-order valence-electron chi connectivity index (χ4n) is 2.61. The van der Waals surface area contributed by atoms with Crippen LogP contribution in [0.1, 0.15) is 17.9 Å². The van der Waals surface area contributed by atoms with Crippen molar-refractivity contribution in [1.82, 2.24) is 4.98 Å². The third-order valence-corrected chi connectivity index (χ3v) is 4.56. The first-order valence-corrected chi connectivity index (χ1v) is 9.61. The van der Waals surface area contributed by atoms with Crippen molar-refractivity contribution in [3.05, 3.63) is 75.3 Å². The van der Waals surface area contributed by atoms with Gasteiger partial charge in [-0.2, -0.15) is 0 Å². The minimum atomic E-state index is -0.673. The van der Waals surface area contributed by atoms with Crippen molar-refractivity contribution < 1.29 is 23.7 Å². The number of esters is 1. The van der Waals surface area contributed by atoms with Crippen LogP contribution in [0.15, 0.2) is 53.1 Å². The maximum atomic E-state index is 12.0. The highest BCUT2D eigenvalue weighted by atomic mass is 35.5. The van der Waals surface area contributed by atoms with E-state index in [1.54, 1.807) is 6.20 Å². The van der Waals surface area contributed by atoms with Crippen LogP contribution in [0, 0.1) is 17.0 Å². The Morgan fingerprint density at radius 2 is 1.97 bits per heavy atom. The smallest absolute Gasteiger partial charge is 0.306 e. The van der Waals surface area contributed by atoms with Crippen molar-refractivity contribution in [2.75, 3.05) is 11.9 Å². The predicted molar refractivity (Wildman–Crippen MR) is 113 cm³/mol. The Labute approximate surface area is 182 Å². The number of ether oxygens (including phenoxy) is 1. The maximum Gasteiger partial charge on any atom is 0.306 e. The Kier molecular flexibility index (Phi) is 6.99. The van der Waals surface area contributed by atoms with Gasteiger partial charge in [-0.15, -0.1) is 0 Å². The fourth-order valence-corrected chi connectivity index (χ4v) is 2.78. The Balaban J connectivity index is 1.46. The van der Waals surface area contributed by atoms with E-state index < -0.39 is 23.4 Å². The lowest BCUT2D eigenvalue weighted by Gasteiger charge is -2.07. The number of oxazole rings is 1. The standard InChI is InChI=1S/C21H18ClN3O6/c1-13-2-4-14(5-3-13)18-11-23-20(31-18)8-9-21(27)30-12-19(26)24-17-10-15(25(28)29)6-7-16(17)22/h2-7,10-11H,8-9,12H2,1H3,(H,24,26). The monoisotopic (exact) mass is 443 g/mol. The van der Waals surface area contributed by atoms with Gasteiger partial charge >= 0.3 is 5.97 Å². The molecule has 0 bridgehead atoms. The lowest BCUT2D eigenvalue weighted by molar-refractivity contribution is -0.384. The van der Waals surface area contributed by atoms with E-state index in [9.17, 15) is 19.7 Å². The van der Waals surface area contributed by atoms with Gasteiger partial charge in [-0.05, 0) is 13.0 Å². The summed E-state index contributed by atoms with van der Waals surface area (Å²) in [4.78, 5) is 38.2. The summed E-state index contributed by atoms with van der Waals surface area (Å²) < 4.78 is 10.6. The van der Waals surface area contributed by atoms with Crippen molar-refractivity contribution in [3.8, 4) is 11.3 Å². The SMILES string of the molecule is Cc1ccc(-c2cnc(CCC(=O)OCC(=O)Nc3cc([N+](=O)[O-])ccc3Cl)o2)cc1. The van der Waals surface area contributed by atoms with Gasteiger partial charge in [0.1, 0.15) is 0 Å². The minimum absolute atomic E-state index is 0.0291. The second-order valence-corrected chi connectivity index (χ2v) is 7.02. The first kappa shape index (κ1) is 22.0. The first-order chi connectivity index (χ1) is 14.8. The van der Waals surface area contributed by atoms with E-state index in [0.29, 0.717) is 11.7 Å². The Morgan fingerprint density at radius 3 is 2.68 bits per heavy atom. The van der Waals surface area contributed by atoms with Crippen LogP contribution in [0.3, 0.4) is 0 Å². The van der Waals surface area contributed by atoms with Crippen LogP contribution < -0.4 is 5.32 Å². The summed E-state index contributed by atoms with van der Waals surface area (Å²) in [5.41, 5.74) is 1.83. The van der Waals surface area contributed by atoms with Crippen LogP contribution in [0.2, 0.25) is 5.02 Å². The minimum Gasteiger partial charge on any atom is -0.456 e. The largest absolute Gasteiger partial charge is 0.456 e. The third-order valence-electron chi connectivity index (χ3n) is 4.23. The van der Waals surface area contributed by atoms with Crippen LogP contribution in [0.25, 0.3) is 11.3 Å². The molecule has 31 heavy (non-hydrogen) atoms. The van der Waals surface area contributed by atoms with E-state index in [0.717, 1.165) is 17.2 Å². The highest BCUT2D eigenvalue weighted by Gasteiger charge is 2.14. The molecule has 1 aromatic heterocycles. The van der Waals surface area contributed by atoms with Crippen molar-refractivity contribution >= 4 is 34.9 Å². The number of nitrogens with one attached hydrogen (secondary N) is 1. The van der Waals surface area contributed by atoms with Crippen LogP contribution in [-0.2, 0) is 20.7 Å². The molecule has 1 amide bonds. The molecule has 0 aliphatic carbocycles. The molecule has 2 aromatic carbocycles. The number of carbonyl (C=O) groups is 2. The average Bonchev–Trinajstić information content (AvgIpc) is 3.21. The summed E-state index contributed by atoms with van der Waals surface area (Å²) in [6.45, 7) is 1.43. The molecule has 160 valence electrons. The Morgan fingerprint density at radius 1 is 1.23 bits per heavy atom. The number of carbonyl (C=O) groups excluding carboxylic acids is 2. The molecule has 0 radical (unpaired) electrons. The van der Waals surface area contributed by atoms with Gasteiger partial charge in [-0.3, -0.25) is 19.7 Å². The van der Waals surface area contributed by atoms with E-state index in [1.165, 1.54) is 12.1 Å². The second kappa shape index (κ2) is 9.86. The van der Waals surface area contributed by atoms with Crippen molar-refractivity contribution in [2.24, 2.45) is 0 Å². The van der Waals surface area contributed by atoms with Gasteiger partial charge in [0.05, 0.1) is 28.3 Å². The van der Waals surface area contributed by atoms with E-state index >= 15 is 0 Å². The van der Waals surface area contributed by atoms with Crippen molar-refractivity contribution in [2.45, 2.75) is 19.8 Å². The van der Waals surface area contributed by atoms with Crippen LogP contribution in [0.5, 0.6) is 0 Å². The van der Waals surface area contributed by atoms with Gasteiger partial charge < -0.3 is 14.5 Å². The molecule has 10 heteroatoms. The normalized spacial score (nSPS) is 10.5. The number of aryl methyl sites for hydroxylation is 2. The van der Waals surface area contributed by atoms with Crippen LogP contribution >= 0.6 is 11.6 Å². The molecule has 0 aliphatic heterocycles. The molecule has 1 N–H and O–H groups in total. The molecule has 9 nitrogen and oxygen atoms in total. The summed E-state index contributed by atoms with van der Waals surface area (Å²) in [5.74, 6) is -0.319. The summed E-state index contributed by atoms with van der Waals surface area (Å²) in [6, 6.07) is 11.4. The van der Waals surface area contributed by atoms with Crippen molar-refractivity contribution in [1.29, 1.82) is 0 Å². The van der Waals surface area contributed by atoms with Gasteiger partial charge in [0, 0.05) is 24.1 Å². The number of rotatable bonds is 8. The van der Waals surface area contributed by atoms with E-state index in [2.05, 4.69) is 10.3 Å². The topological polar surface area (TPSA) is 125 Å². The molecule has 0 unspecified atom stereocenters. The number of non-ortho nitro benzene ring substituents is 1. The zero-order chi connectivity index (χ0) is 22.4. The first-order valence-electron chi connectivity index (χ1n) is 9.23. The number of hydrogen-bond donors (Lipinski definition) is 1. The Bertz CT molecular complexity index is 1110. The average molecular weight is 444 g/mol. The third kappa shape index (κ3) is 6.13. The molecule has 0 fully saturated rings. The number of anilines is 1. The zero-order valence-corrected chi connectivity index (χ0v) is 17.2. The van der Waals surface area contributed by atoms with Crippen LogP contribution in [-0.4, -0.2) is 28.4 Å². The van der Waals surface area contributed by atoms with Crippen LogP contribution in [0.4, 0.5) is 11.4 Å². The summed E-state index contributed by atoms with van der Waals surface area (Å²) in [5, 5.41) is 13.3. The molecule has 0 saturated carbocycles. The molecule has 3 aromatic rings.